The SMILES string of the molecule is O=C(O)c1cccc(C(=O)OCCOc2ccccc2)c1. The third-order valence-electron chi connectivity index (χ3n) is 2.67. The molecule has 0 saturated heterocycles. The highest BCUT2D eigenvalue weighted by Crippen LogP contribution is 2.09. The second-order valence-electron chi connectivity index (χ2n) is 4.18. The van der Waals surface area contributed by atoms with E-state index in [1.807, 2.05) is 18.2 Å². The number of carboxylic acids is 1. The Morgan fingerprint density at radius 3 is 2.33 bits per heavy atom. The third kappa shape index (κ3) is 4.35. The molecule has 0 spiro atoms. The van der Waals surface area contributed by atoms with Gasteiger partial charge in [-0.25, -0.2) is 9.59 Å². The smallest absolute Gasteiger partial charge is 0.338 e. The molecule has 5 nitrogen and oxygen atoms in total. The molecular weight excluding hydrogens is 272 g/mol. The molecule has 2 rings (SSSR count). The number of aromatic carboxylic acids is 1. The lowest BCUT2D eigenvalue weighted by Crippen LogP contribution is -2.13. The Morgan fingerprint density at radius 1 is 0.905 bits per heavy atom. The minimum absolute atomic E-state index is 0.0463. The quantitative estimate of drug-likeness (QED) is 0.652. The number of carbonyl (C=O) groups excluding carboxylic acids is 1. The summed E-state index contributed by atoms with van der Waals surface area (Å²) in [7, 11) is 0. The average molecular weight is 286 g/mol. The summed E-state index contributed by atoms with van der Waals surface area (Å²) in [6, 6.07) is 14.9. The lowest BCUT2D eigenvalue weighted by atomic mass is 10.1. The maximum Gasteiger partial charge on any atom is 0.338 e. The van der Waals surface area contributed by atoms with Gasteiger partial charge in [-0.3, -0.25) is 0 Å². The van der Waals surface area contributed by atoms with Crippen LogP contribution in [0.5, 0.6) is 5.75 Å². The molecule has 0 saturated carbocycles. The normalized spacial score (nSPS) is 9.90. The monoisotopic (exact) mass is 286 g/mol. The van der Waals surface area contributed by atoms with E-state index in [4.69, 9.17) is 14.6 Å². The van der Waals surface area contributed by atoms with Gasteiger partial charge in [0.1, 0.15) is 19.0 Å². The fourth-order valence-electron chi connectivity index (χ4n) is 1.67. The number of benzene rings is 2. The van der Waals surface area contributed by atoms with Gasteiger partial charge in [0.2, 0.25) is 0 Å². The summed E-state index contributed by atoms with van der Waals surface area (Å²) < 4.78 is 10.4. The van der Waals surface area contributed by atoms with Crippen LogP contribution in [-0.4, -0.2) is 30.3 Å². The molecule has 0 atom stereocenters. The Kier molecular flexibility index (Phi) is 4.93. The minimum atomic E-state index is -1.09. The fraction of sp³-hybridized carbons (Fsp3) is 0.125. The summed E-state index contributed by atoms with van der Waals surface area (Å²) in [5.41, 5.74) is 0.250. The highest BCUT2D eigenvalue weighted by atomic mass is 16.6. The Morgan fingerprint density at radius 2 is 1.62 bits per heavy atom. The van der Waals surface area contributed by atoms with Gasteiger partial charge in [-0.05, 0) is 30.3 Å². The van der Waals surface area contributed by atoms with Crippen molar-refractivity contribution in [3.05, 3.63) is 65.7 Å². The van der Waals surface area contributed by atoms with E-state index in [2.05, 4.69) is 0 Å². The summed E-state index contributed by atoms with van der Waals surface area (Å²) in [6.07, 6.45) is 0. The first kappa shape index (κ1) is 14.6. The van der Waals surface area contributed by atoms with Crippen LogP contribution in [0.15, 0.2) is 54.6 Å². The highest BCUT2D eigenvalue weighted by Gasteiger charge is 2.10. The molecule has 0 aliphatic heterocycles. The van der Waals surface area contributed by atoms with E-state index < -0.39 is 11.9 Å². The van der Waals surface area contributed by atoms with E-state index in [9.17, 15) is 9.59 Å². The van der Waals surface area contributed by atoms with Gasteiger partial charge in [0, 0.05) is 0 Å². The molecular formula is C16H14O5. The fourth-order valence-corrected chi connectivity index (χ4v) is 1.67. The van der Waals surface area contributed by atoms with Crippen LogP contribution in [-0.2, 0) is 4.74 Å². The summed E-state index contributed by atoms with van der Waals surface area (Å²) in [5.74, 6) is -0.965. The molecule has 0 aliphatic carbocycles. The van der Waals surface area contributed by atoms with Crippen LogP contribution in [0.25, 0.3) is 0 Å². The summed E-state index contributed by atoms with van der Waals surface area (Å²) in [6.45, 7) is 0.319. The zero-order chi connectivity index (χ0) is 15.1. The molecule has 5 heteroatoms. The van der Waals surface area contributed by atoms with Crippen LogP contribution in [0.1, 0.15) is 20.7 Å². The van der Waals surface area contributed by atoms with Crippen LogP contribution in [0.2, 0.25) is 0 Å². The Bertz CT molecular complexity index is 622. The Labute approximate surface area is 121 Å². The molecule has 0 amide bonds. The molecule has 1 N–H and O–H groups in total. The van der Waals surface area contributed by atoms with Crippen molar-refractivity contribution in [3.63, 3.8) is 0 Å². The first-order valence-corrected chi connectivity index (χ1v) is 6.35. The van der Waals surface area contributed by atoms with Gasteiger partial charge in [-0.2, -0.15) is 0 Å². The zero-order valence-corrected chi connectivity index (χ0v) is 11.2. The Hall–Kier alpha value is -2.82. The molecule has 0 bridgehead atoms. The van der Waals surface area contributed by atoms with Crippen molar-refractivity contribution in [1.82, 2.24) is 0 Å². The van der Waals surface area contributed by atoms with Crippen LogP contribution < -0.4 is 4.74 Å². The lowest BCUT2D eigenvalue weighted by Gasteiger charge is -2.07. The predicted molar refractivity (Wildman–Crippen MR) is 75.6 cm³/mol. The molecule has 0 aromatic heterocycles. The maximum absolute atomic E-state index is 11.8. The van der Waals surface area contributed by atoms with E-state index in [0.29, 0.717) is 5.75 Å². The molecule has 0 radical (unpaired) electrons. The molecule has 2 aromatic rings. The summed E-state index contributed by atoms with van der Waals surface area (Å²) in [4.78, 5) is 22.6. The standard InChI is InChI=1S/C16H14O5/c17-15(18)12-5-4-6-13(11-12)16(19)21-10-9-20-14-7-2-1-3-8-14/h1-8,11H,9-10H2,(H,17,18). The Balaban J connectivity index is 1.82. The summed E-state index contributed by atoms with van der Waals surface area (Å²) >= 11 is 0. The number of hydrogen-bond acceptors (Lipinski definition) is 4. The zero-order valence-electron chi connectivity index (χ0n) is 11.2. The van der Waals surface area contributed by atoms with E-state index in [1.54, 1.807) is 12.1 Å². The van der Waals surface area contributed by atoms with E-state index in [1.165, 1.54) is 24.3 Å². The predicted octanol–water partition coefficient (Wildman–Crippen LogP) is 2.62. The van der Waals surface area contributed by atoms with Crippen molar-refractivity contribution in [2.24, 2.45) is 0 Å². The van der Waals surface area contributed by atoms with Gasteiger partial charge in [0.15, 0.2) is 0 Å². The van der Waals surface area contributed by atoms with Gasteiger partial charge in [-0.15, -0.1) is 0 Å². The van der Waals surface area contributed by atoms with Crippen molar-refractivity contribution in [1.29, 1.82) is 0 Å². The van der Waals surface area contributed by atoms with Gasteiger partial charge < -0.3 is 14.6 Å². The molecule has 2 aromatic carbocycles. The number of para-hydroxylation sites is 1. The lowest BCUT2D eigenvalue weighted by molar-refractivity contribution is 0.0450. The van der Waals surface area contributed by atoms with Gasteiger partial charge >= 0.3 is 11.9 Å². The van der Waals surface area contributed by atoms with E-state index >= 15 is 0 Å². The number of hydrogen-bond donors (Lipinski definition) is 1. The maximum atomic E-state index is 11.8. The molecule has 0 heterocycles. The molecule has 108 valence electrons. The first-order chi connectivity index (χ1) is 10.2. The van der Waals surface area contributed by atoms with Gasteiger partial charge in [-0.1, -0.05) is 24.3 Å². The molecule has 0 unspecified atom stereocenters. The average Bonchev–Trinajstić information content (AvgIpc) is 2.52. The number of carbonyl (C=O) groups is 2. The van der Waals surface area contributed by atoms with Crippen molar-refractivity contribution >= 4 is 11.9 Å². The first-order valence-electron chi connectivity index (χ1n) is 6.35. The number of carboxylic acid groups (broad SMARTS) is 1. The van der Waals surface area contributed by atoms with Crippen molar-refractivity contribution < 1.29 is 24.2 Å². The van der Waals surface area contributed by atoms with Crippen molar-refractivity contribution in [2.45, 2.75) is 0 Å². The van der Waals surface area contributed by atoms with Crippen LogP contribution in [0.4, 0.5) is 0 Å². The summed E-state index contributed by atoms with van der Waals surface area (Å²) in [5, 5.41) is 8.86. The second kappa shape index (κ2) is 7.09. The highest BCUT2D eigenvalue weighted by molar-refractivity contribution is 5.94. The van der Waals surface area contributed by atoms with Gasteiger partial charge in [0.05, 0.1) is 11.1 Å². The van der Waals surface area contributed by atoms with E-state index in [0.717, 1.165) is 0 Å². The van der Waals surface area contributed by atoms with E-state index in [-0.39, 0.29) is 24.3 Å². The van der Waals surface area contributed by atoms with Crippen molar-refractivity contribution in [3.8, 4) is 5.75 Å². The number of rotatable bonds is 6. The van der Waals surface area contributed by atoms with Crippen LogP contribution >= 0.6 is 0 Å². The van der Waals surface area contributed by atoms with Gasteiger partial charge in [0.25, 0.3) is 0 Å². The molecule has 0 fully saturated rings. The number of esters is 1. The molecule has 0 aliphatic rings. The topological polar surface area (TPSA) is 72.8 Å². The number of ether oxygens (including phenoxy) is 2. The van der Waals surface area contributed by atoms with Crippen LogP contribution in [0, 0.1) is 0 Å². The van der Waals surface area contributed by atoms with Crippen molar-refractivity contribution in [2.75, 3.05) is 13.2 Å². The van der Waals surface area contributed by atoms with Crippen LogP contribution in [0.3, 0.4) is 0 Å². The second-order valence-corrected chi connectivity index (χ2v) is 4.18. The third-order valence-corrected chi connectivity index (χ3v) is 2.67. The molecule has 21 heavy (non-hydrogen) atoms. The largest absolute Gasteiger partial charge is 0.490 e. The minimum Gasteiger partial charge on any atom is -0.490 e.